The van der Waals surface area contributed by atoms with Crippen molar-refractivity contribution < 1.29 is 9.18 Å². The van der Waals surface area contributed by atoms with Gasteiger partial charge in [0.2, 0.25) is 0 Å². The Balaban J connectivity index is 2.16. The first-order valence-corrected chi connectivity index (χ1v) is 7.28. The fourth-order valence-electron chi connectivity index (χ4n) is 3.10. The van der Waals surface area contributed by atoms with E-state index in [9.17, 15) is 9.18 Å². The molecule has 1 amide bonds. The lowest BCUT2D eigenvalue weighted by molar-refractivity contribution is 0.0620. The number of carbonyl (C=O) groups is 1. The summed E-state index contributed by atoms with van der Waals surface area (Å²) in [6.45, 7) is 2.29. The molecule has 2 unspecified atom stereocenters. The van der Waals surface area contributed by atoms with Gasteiger partial charge in [0.1, 0.15) is 5.82 Å². The second-order valence-electron chi connectivity index (χ2n) is 5.73. The largest absolute Gasteiger partial charge is 0.338 e. The quantitative estimate of drug-likeness (QED) is 0.924. The maximum absolute atomic E-state index is 13.3. The number of aryl methyl sites for hydroxylation is 1. The second kappa shape index (κ2) is 6.35. The first kappa shape index (κ1) is 15.0. The molecule has 0 bridgehead atoms. The summed E-state index contributed by atoms with van der Waals surface area (Å²) in [5.74, 6) is 0.0550. The predicted molar refractivity (Wildman–Crippen MR) is 78.0 cm³/mol. The molecule has 110 valence electrons. The standard InChI is InChI=1S/C16H23FN2O/c1-11-9-12(7-8-14(11)17)16(20)19(2)15-6-4-3-5-13(15)10-18/h7-9,13,15H,3-6,10,18H2,1-2H3. The van der Waals surface area contributed by atoms with Crippen LogP contribution in [0.4, 0.5) is 4.39 Å². The number of nitrogens with two attached hydrogens (primary N) is 1. The van der Waals surface area contributed by atoms with E-state index in [2.05, 4.69) is 0 Å². The van der Waals surface area contributed by atoms with Gasteiger partial charge in [0.15, 0.2) is 0 Å². The molecule has 2 atom stereocenters. The molecule has 2 N–H and O–H groups in total. The van der Waals surface area contributed by atoms with Crippen LogP contribution < -0.4 is 5.73 Å². The number of hydrogen-bond donors (Lipinski definition) is 1. The van der Waals surface area contributed by atoms with Crippen LogP contribution in [0.1, 0.15) is 41.6 Å². The van der Waals surface area contributed by atoms with E-state index in [1.807, 2.05) is 7.05 Å². The van der Waals surface area contributed by atoms with Crippen LogP contribution in [0.2, 0.25) is 0 Å². The van der Waals surface area contributed by atoms with Crippen molar-refractivity contribution in [3.05, 3.63) is 35.1 Å². The van der Waals surface area contributed by atoms with E-state index in [1.54, 1.807) is 24.0 Å². The van der Waals surface area contributed by atoms with Gasteiger partial charge in [0, 0.05) is 18.7 Å². The zero-order chi connectivity index (χ0) is 14.7. The Labute approximate surface area is 120 Å². The van der Waals surface area contributed by atoms with Crippen LogP contribution in [0.3, 0.4) is 0 Å². The maximum atomic E-state index is 13.3. The van der Waals surface area contributed by atoms with Crippen molar-refractivity contribution in [2.24, 2.45) is 11.7 Å². The minimum Gasteiger partial charge on any atom is -0.338 e. The van der Waals surface area contributed by atoms with Crippen LogP contribution in [0, 0.1) is 18.7 Å². The molecule has 1 aliphatic rings. The summed E-state index contributed by atoms with van der Waals surface area (Å²) in [6, 6.07) is 4.74. The zero-order valence-corrected chi connectivity index (χ0v) is 12.2. The van der Waals surface area contributed by atoms with Crippen molar-refractivity contribution in [2.45, 2.75) is 38.6 Å². The summed E-state index contributed by atoms with van der Waals surface area (Å²) in [5, 5.41) is 0. The van der Waals surface area contributed by atoms with Crippen molar-refractivity contribution in [1.29, 1.82) is 0 Å². The monoisotopic (exact) mass is 278 g/mol. The topological polar surface area (TPSA) is 46.3 Å². The first-order chi connectivity index (χ1) is 9.54. The van der Waals surface area contributed by atoms with Gasteiger partial charge < -0.3 is 10.6 Å². The van der Waals surface area contributed by atoms with Crippen molar-refractivity contribution in [2.75, 3.05) is 13.6 Å². The number of amides is 1. The molecular weight excluding hydrogens is 255 g/mol. The third-order valence-electron chi connectivity index (χ3n) is 4.39. The van der Waals surface area contributed by atoms with Crippen molar-refractivity contribution >= 4 is 5.91 Å². The van der Waals surface area contributed by atoms with Gasteiger partial charge >= 0.3 is 0 Å². The highest BCUT2D eigenvalue weighted by atomic mass is 19.1. The van der Waals surface area contributed by atoms with Crippen LogP contribution in [0.5, 0.6) is 0 Å². The number of halogens is 1. The van der Waals surface area contributed by atoms with Crippen molar-refractivity contribution in [3.63, 3.8) is 0 Å². The van der Waals surface area contributed by atoms with Crippen LogP contribution in [0.15, 0.2) is 18.2 Å². The highest BCUT2D eigenvalue weighted by molar-refractivity contribution is 5.94. The molecule has 4 heteroatoms. The van der Waals surface area contributed by atoms with Crippen LogP contribution >= 0.6 is 0 Å². The molecule has 1 saturated carbocycles. The average molecular weight is 278 g/mol. The highest BCUT2D eigenvalue weighted by Crippen LogP contribution is 2.28. The molecule has 0 saturated heterocycles. The minimum atomic E-state index is -0.276. The molecule has 1 fully saturated rings. The molecule has 1 aliphatic carbocycles. The van der Waals surface area contributed by atoms with Gasteiger partial charge in [-0.1, -0.05) is 12.8 Å². The van der Waals surface area contributed by atoms with E-state index in [1.165, 1.54) is 12.5 Å². The molecule has 1 aromatic carbocycles. The summed E-state index contributed by atoms with van der Waals surface area (Å²) in [5.41, 5.74) is 6.88. The van der Waals surface area contributed by atoms with Crippen LogP contribution in [-0.4, -0.2) is 30.4 Å². The van der Waals surface area contributed by atoms with Crippen LogP contribution in [0.25, 0.3) is 0 Å². The van der Waals surface area contributed by atoms with Gasteiger partial charge in [-0.25, -0.2) is 4.39 Å². The van der Waals surface area contributed by atoms with Crippen LogP contribution in [-0.2, 0) is 0 Å². The third-order valence-corrected chi connectivity index (χ3v) is 4.39. The Bertz CT molecular complexity index is 489. The lowest BCUT2D eigenvalue weighted by atomic mass is 9.83. The lowest BCUT2D eigenvalue weighted by Gasteiger charge is -2.37. The van der Waals surface area contributed by atoms with Gasteiger partial charge in [-0.15, -0.1) is 0 Å². The summed E-state index contributed by atoms with van der Waals surface area (Å²) in [4.78, 5) is 14.3. The first-order valence-electron chi connectivity index (χ1n) is 7.28. The smallest absolute Gasteiger partial charge is 0.253 e. The summed E-state index contributed by atoms with van der Waals surface area (Å²) in [6.07, 6.45) is 4.42. The number of carbonyl (C=O) groups excluding carboxylic acids is 1. The predicted octanol–water partition coefficient (Wildman–Crippen LogP) is 2.72. The Kier molecular flexibility index (Phi) is 4.76. The van der Waals surface area contributed by atoms with E-state index in [0.29, 0.717) is 23.6 Å². The van der Waals surface area contributed by atoms with Gasteiger partial charge in [-0.2, -0.15) is 0 Å². The summed E-state index contributed by atoms with van der Waals surface area (Å²) < 4.78 is 13.3. The fraction of sp³-hybridized carbons (Fsp3) is 0.562. The molecule has 3 nitrogen and oxygen atoms in total. The van der Waals surface area contributed by atoms with Gasteiger partial charge in [-0.3, -0.25) is 4.79 Å². The molecule has 2 rings (SSSR count). The van der Waals surface area contributed by atoms with E-state index in [0.717, 1.165) is 19.3 Å². The molecule has 20 heavy (non-hydrogen) atoms. The Morgan fingerprint density at radius 1 is 1.40 bits per heavy atom. The molecule has 1 aromatic rings. The van der Waals surface area contributed by atoms with Crippen molar-refractivity contribution in [1.82, 2.24) is 4.90 Å². The fourth-order valence-corrected chi connectivity index (χ4v) is 3.10. The molecular formula is C16H23FN2O. The molecule has 0 radical (unpaired) electrons. The van der Waals surface area contributed by atoms with Gasteiger partial charge in [-0.05, 0) is 56.0 Å². The normalized spacial score (nSPS) is 22.6. The van der Waals surface area contributed by atoms with Gasteiger partial charge in [0.05, 0.1) is 0 Å². The second-order valence-corrected chi connectivity index (χ2v) is 5.73. The number of hydrogen-bond acceptors (Lipinski definition) is 2. The van der Waals surface area contributed by atoms with E-state index >= 15 is 0 Å². The summed E-state index contributed by atoms with van der Waals surface area (Å²) >= 11 is 0. The number of benzene rings is 1. The Morgan fingerprint density at radius 2 is 2.10 bits per heavy atom. The summed E-state index contributed by atoms with van der Waals surface area (Å²) in [7, 11) is 1.83. The molecule has 0 heterocycles. The van der Waals surface area contributed by atoms with Crippen molar-refractivity contribution in [3.8, 4) is 0 Å². The van der Waals surface area contributed by atoms with E-state index in [4.69, 9.17) is 5.73 Å². The Hall–Kier alpha value is -1.42. The SMILES string of the molecule is Cc1cc(C(=O)N(C)C2CCCCC2CN)ccc1F. The number of rotatable bonds is 3. The minimum absolute atomic E-state index is 0.0431. The lowest BCUT2D eigenvalue weighted by Crippen LogP contribution is -2.45. The van der Waals surface area contributed by atoms with Gasteiger partial charge in [0.25, 0.3) is 5.91 Å². The maximum Gasteiger partial charge on any atom is 0.253 e. The average Bonchev–Trinajstić information content (AvgIpc) is 2.48. The Morgan fingerprint density at radius 3 is 2.75 bits per heavy atom. The molecule has 0 aromatic heterocycles. The number of nitrogens with zero attached hydrogens (tertiary/aromatic N) is 1. The third kappa shape index (κ3) is 3.01. The molecule has 0 spiro atoms. The zero-order valence-electron chi connectivity index (χ0n) is 12.2. The molecule has 0 aliphatic heterocycles. The van der Waals surface area contributed by atoms with E-state index < -0.39 is 0 Å². The highest BCUT2D eigenvalue weighted by Gasteiger charge is 2.30. The van der Waals surface area contributed by atoms with E-state index in [-0.39, 0.29) is 17.8 Å².